The van der Waals surface area contributed by atoms with Gasteiger partial charge >= 0.3 is 5.97 Å². The van der Waals surface area contributed by atoms with Gasteiger partial charge in [-0.15, -0.1) is 0 Å². The third-order valence-electron chi connectivity index (χ3n) is 2.42. The summed E-state index contributed by atoms with van der Waals surface area (Å²) in [6.07, 6.45) is 1.71. The largest absolute Gasteiger partial charge is 0.481 e. The molecule has 0 aliphatic heterocycles. The standard InChI is InChI=1S/C11H10ClNO3/c1-6(11(14)15)2-7-3-8(12)4-9-10(7)16-5-13-9/h3-6H,2H2,1H3,(H,14,15). The molecule has 0 fully saturated rings. The van der Waals surface area contributed by atoms with Crippen molar-refractivity contribution in [1.82, 2.24) is 4.98 Å². The van der Waals surface area contributed by atoms with Gasteiger partial charge in [0.05, 0.1) is 5.92 Å². The highest BCUT2D eigenvalue weighted by Crippen LogP contribution is 2.25. The van der Waals surface area contributed by atoms with Crippen LogP contribution >= 0.6 is 11.6 Å². The summed E-state index contributed by atoms with van der Waals surface area (Å²) in [4.78, 5) is 14.8. The number of hydrogen-bond donors (Lipinski definition) is 1. The van der Waals surface area contributed by atoms with E-state index in [9.17, 15) is 4.79 Å². The normalized spacial score (nSPS) is 12.9. The summed E-state index contributed by atoms with van der Waals surface area (Å²) in [7, 11) is 0. The lowest BCUT2D eigenvalue weighted by molar-refractivity contribution is -0.141. The molecular weight excluding hydrogens is 230 g/mol. The molecule has 0 bridgehead atoms. The quantitative estimate of drug-likeness (QED) is 0.895. The molecule has 2 aromatic rings. The van der Waals surface area contributed by atoms with Crippen LogP contribution in [-0.2, 0) is 11.2 Å². The molecule has 0 radical (unpaired) electrons. The Kier molecular flexibility index (Phi) is 2.83. The van der Waals surface area contributed by atoms with Crippen molar-refractivity contribution in [1.29, 1.82) is 0 Å². The lowest BCUT2D eigenvalue weighted by Gasteiger charge is -2.06. The lowest BCUT2D eigenvalue weighted by Crippen LogP contribution is -2.12. The lowest BCUT2D eigenvalue weighted by atomic mass is 10.0. The summed E-state index contributed by atoms with van der Waals surface area (Å²) in [5.74, 6) is -1.32. The summed E-state index contributed by atoms with van der Waals surface area (Å²) in [5, 5.41) is 9.39. The van der Waals surface area contributed by atoms with Gasteiger partial charge in [0.1, 0.15) is 5.52 Å². The van der Waals surface area contributed by atoms with Crippen LogP contribution in [0.3, 0.4) is 0 Å². The van der Waals surface area contributed by atoms with E-state index in [-0.39, 0.29) is 0 Å². The Morgan fingerprint density at radius 1 is 1.62 bits per heavy atom. The number of aliphatic carboxylic acids is 1. The number of rotatable bonds is 3. The molecule has 5 heteroatoms. The van der Waals surface area contributed by atoms with Gasteiger partial charge in [-0.05, 0) is 24.1 Å². The van der Waals surface area contributed by atoms with Crippen LogP contribution in [0, 0.1) is 5.92 Å². The average Bonchev–Trinajstić information content (AvgIpc) is 2.65. The fourth-order valence-corrected chi connectivity index (χ4v) is 1.81. The minimum atomic E-state index is -0.840. The van der Waals surface area contributed by atoms with Crippen molar-refractivity contribution >= 4 is 28.7 Å². The fourth-order valence-electron chi connectivity index (χ4n) is 1.57. The summed E-state index contributed by atoms with van der Waals surface area (Å²) >= 11 is 5.91. The second kappa shape index (κ2) is 4.14. The number of carbonyl (C=O) groups is 1. The van der Waals surface area contributed by atoms with Crippen molar-refractivity contribution in [2.24, 2.45) is 5.92 Å². The molecule has 0 amide bonds. The van der Waals surface area contributed by atoms with Gasteiger partial charge < -0.3 is 9.52 Å². The third-order valence-corrected chi connectivity index (χ3v) is 2.64. The van der Waals surface area contributed by atoms with E-state index < -0.39 is 11.9 Å². The number of nitrogens with zero attached hydrogens (tertiary/aromatic N) is 1. The second-order valence-electron chi connectivity index (χ2n) is 3.71. The van der Waals surface area contributed by atoms with Crippen LogP contribution in [-0.4, -0.2) is 16.1 Å². The molecule has 1 heterocycles. The van der Waals surface area contributed by atoms with Crippen LogP contribution in [0.1, 0.15) is 12.5 Å². The molecule has 4 nitrogen and oxygen atoms in total. The Labute approximate surface area is 96.8 Å². The van der Waals surface area contributed by atoms with Crippen LogP contribution in [0.25, 0.3) is 11.1 Å². The van der Waals surface area contributed by atoms with Crippen LogP contribution in [0.15, 0.2) is 22.9 Å². The molecule has 0 aliphatic rings. The molecule has 1 unspecified atom stereocenters. The summed E-state index contributed by atoms with van der Waals surface area (Å²) in [5.41, 5.74) is 2.03. The molecule has 84 valence electrons. The molecule has 0 saturated carbocycles. The maximum atomic E-state index is 10.8. The van der Waals surface area contributed by atoms with E-state index in [1.807, 2.05) is 0 Å². The molecule has 2 rings (SSSR count). The minimum Gasteiger partial charge on any atom is -0.481 e. The predicted molar refractivity (Wildman–Crippen MR) is 59.5 cm³/mol. The Hall–Kier alpha value is -1.55. The SMILES string of the molecule is CC(Cc1cc(Cl)cc2ncoc12)C(=O)O. The van der Waals surface area contributed by atoms with Crippen molar-refractivity contribution in [2.45, 2.75) is 13.3 Å². The van der Waals surface area contributed by atoms with Crippen LogP contribution in [0.5, 0.6) is 0 Å². The van der Waals surface area contributed by atoms with Gasteiger partial charge in [0, 0.05) is 5.02 Å². The first-order valence-electron chi connectivity index (χ1n) is 4.82. The zero-order chi connectivity index (χ0) is 11.7. The van der Waals surface area contributed by atoms with E-state index in [1.54, 1.807) is 19.1 Å². The number of oxazole rings is 1. The Morgan fingerprint density at radius 2 is 2.38 bits per heavy atom. The molecule has 0 spiro atoms. The molecule has 16 heavy (non-hydrogen) atoms. The van der Waals surface area contributed by atoms with Crippen molar-refractivity contribution in [3.63, 3.8) is 0 Å². The minimum absolute atomic E-state index is 0.377. The smallest absolute Gasteiger partial charge is 0.306 e. The van der Waals surface area contributed by atoms with Crippen LogP contribution in [0.2, 0.25) is 5.02 Å². The van der Waals surface area contributed by atoms with E-state index in [0.717, 1.165) is 5.56 Å². The van der Waals surface area contributed by atoms with Crippen LogP contribution in [0.4, 0.5) is 0 Å². The zero-order valence-electron chi connectivity index (χ0n) is 8.61. The Morgan fingerprint density at radius 3 is 3.06 bits per heavy atom. The predicted octanol–water partition coefficient (Wildman–Crippen LogP) is 2.74. The van der Waals surface area contributed by atoms with E-state index in [4.69, 9.17) is 21.1 Å². The zero-order valence-corrected chi connectivity index (χ0v) is 9.36. The monoisotopic (exact) mass is 239 g/mol. The van der Waals surface area contributed by atoms with Crippen molar-refractivity contribution in [3.8, 4) is 0 Å². The molecular formula is C11H10ClNO3. The molecule has 0 aliphatic carbocycles. The van der Waals surface area contributed by atoms with Gasteiger partial charge in [-0.1, -0.05) is 18.5 Å². The maximum absolute atomic E-state index is 10.8. The molecule has 1 N–H and O–H groups in total. The molecule has 0 saturated heterocycles. The molecule has 1 aromatic heterocycles. The first kappa shape index (κ1) is 11.0. The fraction of sp³-hybridized carbons (Fsp3) is 0.273. The van der Waals surface area contributed by atoms with Crippen molar-refractivity contribution in [2.75, 3.05) is 0 Å². The number of benzene rings is 1. The number of carboxylic acid groups (broad SMARTS) is 1. The van der Waals surface area contributed by atoms with Crippen LogP contribution < -0.4 is 0 Å². The average molecular weight is 240 g/mol. The molecule has 1 aromatic carbocycles. The summed E-state index contributed by atoms with van der Waals surface area (Å²) in [6.45, 7) is 1.64. The first-order chi connectivity index (χ1) is 7.58. The Balaban J connectivity index is 2.42. The highest BCUT2D eigenvalue weighted by molar-refractivity contribution is 6.31. The third kappa shape index (κ3) is 2.02. The second-order valence-corrected chi connectivity index (χ2v) is 4.15. The highest BCUT2D eigenvalue weighted by atomic mass is 35.5. The number of hydrogen-bond acceptors (Lipinski definition) is 3. The molecule has 1 atom stereocenters. The number of aromatic nitrogens is 1. The highest BCUT2D eigenvalue weighted by Gasteiger charge is 2.15. The van der Waals surface area contributed by atoms with Gasteiger partial charge in [-0.3, -0.25) is 4.79 Å². The van der Waals surface area contributed by atoms with Crippen molar-refractivity contribution < 1.29 is 14.3 Å². The van der Waals surface area contributed by atoms with E-state index in [0.29, 0.717) is 22.5 Å². The van der Waals surface area contributed by atoms with Gasteiger partial charge in [0.2, 0.25) is 0 Å². The van der Waals surface area contributed by atoms with Gasteiger partial charge in [0.25, 0.3) is 0 Å². The van der Waals surface area contributed by atoms with E-state index in [1.165, 1.54) is 6.39 Å². The Bertz CT molecular complexity index is 535. The topological polar surface area (TPSA) is 63.3 Å². The number of fused-ring (bicyclic) bond motifs is 1. The van der Waals surface area contributed by atoms with E-state index in [2.05, 4.69) is 4.98 Å². The van der Waals surface area contributed by atoms with Gasteiger partial charge in [-0.25, -0.2) is 4.98 Å². The van der Waals surface area contributed by atoms with Crippen molar-refractivity contribution in [3.05, 3.63) is 29.1 Å². The summed E-state index contributed by atoms with van der Waals surface area (Å²) in [6, 6.07) is 3.41. The first-order valence-corrected chi connectivity index (χ1v) is 5.20. The van der Waals surface area contributed by atoms with E-state index >= 15 is 0 Å². The summed E-state index contributed by atoms with van der Waals surface area (Å²) < 4.78 is 5.22. The number of halogens is 1. The number of carboxylic acids is 1. The van der Waals surface area contributed by atoms with Gasteiger partial charge in [-0.2, -0.15) is 0 Å². The maximum Gasteiger partial charge on any atom is 0.306 e. The van der Waals surface area contributed by atoms with Gasteiger partial charge in [0.15, 0.2) is 12.0 Å².